The summed E-state index contributed by atoms with van der Waals surface area (Å²) >= 11 is 0. The number of piperidine rings is 2. The van der Waals surface area contributed by atoms with Gasteiger partial charge in [0.1, 0.15) is 0 Å². The van der Waals surface area contributed by atoms with E-state index in [0.717, 1.165) is 17.9 Å². The van der Waals surface area contributed by atoms with Crippen LogP contribution in [-0.4, -0.2) is 49.1 Å². The number of hydrogen-bond donors (Lipinski definition) is 0. The smallest absolute Gasteiger partial charge is 0.00696 e. The Hall–Kier alpha value is -0.0800. The van der Waals surface area contributed by atoms with Crippen molar-refractivity contribution in [1.82, 2.24) is 9.80 Å². The molecule has 2 atom stereocenters. The van der Waals surface area contributed by atoms with Crippen LogP contribution in [0.3, 0.4) is 0 Å². The lowest BCUT2D eigenvalue weighted by molar-refractivity contribution is 0.0843. The lowest BCUT2D eigenvalue weighted by Crippen LogP contribution is -2.45. The molecule has 2 fully saturated rings. The Labute approximate surface area is 107 Å². The Bertz CT molecular complexity index is 221. The summed E-state index contributed by atoms with van der Waals surface area (Å²) < 4.78 is 0. The van der Waals surface area contributed by atoms with Gasteiger partial charge in [-0.2, -0.15) is 0 Å². The predicted molar refractivity (Wildman–Crippen MR) is 74.3 cm³/mol. The van der Waals surface area contributed by atoms with Crippen LogP contribution in [0.15, 0.2) is 0 Å². The summed E-state index contributed by atoms with van der Waals surface area (Å²) in [5, 5.41) is 0. The Kier molecular flexibility index (Phi) is 4.87. The van der Waals surface area contributed by atoms with Crippen LogP contribution in [0.5, 0.6) is 0 Å². The van der Waals surface area contributed by atoms with E-state index in [1.54, 1.807) is 0 Å². The van der Waals surface area contributed by atoms with Crippen molar-refractivity contribution in [3.8, 4) is 0 Å². The van der Waals surface area contributed by atoms with Crippen LogP contribution in [0, 0.1) is 11.8 Å². The summed E-state index contributed by atoms with van der Waals surface area (Å²) in [4.78, 5) is 5.24. The molecule has 2 saturated heterocycles. The van der Waals surface area contributed by atoms with Gasteiger partial charge < -0.3 is 9.80 Å². The molecule has 2 heteroatoms. The normalized spacial score (nSPS) is 34.1. The summed E-state index contributed by atoms with van der Waals surface area (Å²) in [5.74, 6) is 1.96. The Morgan fingerprint density at radius 3 is 2.24 bits per heavy atom. The van der Waals surface area contributed by atoms with Crippen molar-refractivity contribution in [2.45, 2.75) is 52.0 Å². The summed E-state index contributed by atoms with van der Waals surface area (Å²) in [5.41, 5.74) is 0. The van der Waals surface area contributed by atoms with Gasteiger partial charge in [0, 0.05) is 12.6 Å². The van der Waals surface area contributed by atoms with E-state index in [9.17, 15) is 0 Å². The predicted octanol–water partition coefficient (Wildman–Crippen LogP) is 2.84. The SMILES string of the molecule is CC[C@H]1CCN(CC2CCN(C)CC2)[C@H](C)C1. The summed E-state index contributed by atoms with van der Waals surface area (Å²) in [6.07, 6.45) is 7.08. The molecule has 0 amide bonds. The van der Waals surface area contributed by atoms with Gasteiger partial charge in [-0.05, 0) is 71.1 Å². The van der Waals surface area contributed by atoms with Crippen LogP contribution in [-0.2, 0) is 0 Å². The van der Waals surface area contributed by atoms with E-state index < -0.39 is 0 Å². The van der Waals surface area contributed by atoms with Gasteiger partial charge in [-0.1, -0.05) is 13.3 Å². The monoisotopic (exact) mass is 238 g/mol. The van der Waals surface area contributed by atoms with E-state index in [2.05, 4.69) is 30.7 Å². The van der Waals surface area contributed by atoms with E-state index in [4.69, 9.17) is 0 Å². The van der Waals surface area contributed by atoms with Crippen LogP contribution in [0.25, 0.3) is 0 Å². The van der Waals surface area contributed by atoms with Gasteiger partial charge in [0.15, 0.2) is 0 Å². The molecular formula is C15H30N2. The van der Waals surface area contributed by atoms with Crippen molar-refractivity contribution >= 4 is 0 Å². The number of likely N-dealkylation sites (tertiary alicyclic amines) is 2. The third-order valence-corrected chi connectivity index (χ3v) is 5.03. The summed E-state index contributed by atoms with van der Waals surface area (Å²) in [7, 11) is 2.26. The molecule has 0 unspecified atom stereocenters. The first-order chi connectivity index (χ1) is 8.19. The van der Waals surface area contributed by atoms with Crippen molar-refractivity contribution in [2.75, 3.05) is 33.2 Å². The second-order valence-electron chi connectivity index (χ2n) is 6.39. The van der Waals surface area contributed by atoms with Crippen LogP contribution in [0.2, 0.25) is 0 Å². The maximum absolute atomic E-state index is 2.77. The van der Waals surface area contributed by atoms with E-state index in [1.807, 2.05) is 0 Å². The molecular weight excluding hydrogens is 208 g/mol. The van der Waals surface area contributed by atoms with Crippen molar-refractivity contribution in [1.29, 1.82) is 0 Å². The van der Waals surface area contributed by atoms with Gasteiger partial charge >= 0.3 is 0 Å². The third kappa shape index (κ3) is 3.69. The molecule has 2 heterocycles. The first kappa shape index (κ1) is 13.4. The van der Waals surface area contributed by atoms with Crippen molar-refractivity contribution in [3.05, 3.63) is 0 Å². The van der Waals surface area contributed by atoms with Gasteiger partial charge in [0.2, 0.25) is 0 Å². The maximum atomic E-state index is 2.77. The van der Waals surface area contributed by atoms with Crippen LogP contribution in [0.1, 0.15) is 46.0 Å². The molecule has 0 bridgehead atoms. The largest absolute Gasteiger partial charge is 0.306 e. The molecule has 0 aliphatic carbocycles. The highest BCUT2D eigenvalue weighted by Crippen LogP contribution is 2.27. The number of hydrogen-bond acceptors (Lipinski definition) is 2. The third-order valence-electron chi connectivity index (χ3n) is 5.03. The average molecular weight is 238 g/mol. The van der Waals surface area contributed by atoms with Crippen LogP contribution in [0.4, 0.5) is 0 Å². The summed E-state index contributed by atoms with van der Waals surface area (Å²) in [6, 6.07) is 0.827. The van der Waals surface area contributed by atoms with E-state index >= 15 is 0 Å². The van der Waals surface area contributed by atoms with Gasteiger partial charge in [0.25, 0.3) is 0 Å². The quantitative estimate of drug-likeness (QED) is 0.746. The summed E-state index contributed by atoms with van der Waals surface area (Å²) in [6.45, 7) is 10.1. The Balaban J connectivity index is 1.75. The standard InChI is InChI=1S/C15H30N2/c1-4-14-7-10-17(13(2)11-14)12-15-5-8-16(3)9-6-15/h13-15H,4-12H2,1-3H3/t13-,14+/m1/s1. The molecule has 0 aromatic heterocycles. The molecule has 17 heavy (non-hydrogen) atoms. The first-order valence-corrected chi connectivity index (χ1v) is 7.61. The fourth-order valence-electron chi connectivity index (χ4n) is 3.54. The number of nitrogens with zero attached hydrogens (tertiary/aromatic N) is 2. The van der Waals surface area contributed by atoms with E-state index in [0.29, 0.717) is 0 Å². The molecule has 0 aromatic rings. The zero-order valence-corrected chi connectivity index (χ0v) is 12.0. The lowest BCUT2D eigenvalue weighted by Gasteiger charge is -2.40. The van der Waals surface area contributed by atoms with Crippen molar-refractivity contribution in [2.24, 2.45) is 11.8 Å². The van der Waals surface area contributed by atoms with E-state index in [1.165, 1.54) is 58.3 Å². The minimum Gasteiger partial charge on any atom is -0.306 e. The molecule has 2 rings (SSSR count). The highest BCUT2D eigenvalue weighted by atomic mass is 15.2. The second-order valence-corrected chi connectivity index (χ2v) is 6.39. The minimum absolute atomic E-state index is 0.827. The fourth-order valence-corrected chi connectivity index (χ4v) is 3.54. The molecule has 0 saturated carbocycles. The van der Waals surface area contributed by atoms with Gasteiger partial charge in [0.05, 0.1) is 0 Å². The molecule has 2 nitrogen and oxygen atoms in total. The van der Waals surface area contributed by atoms with Crippen molar-refractivity contribution < 1.29 is 0 Å². The van der Waals surface area contributed by atoms with Gasteiger partial charge in [-0.15, -0.1) is 0 Å². The number of rotatable bonds is 3. The highest BCUT2D eigenvalue weighted by Gasteiger charge is 2.27. The lowest BCUT2D eigenvalue weighted by atomic mass is 9.88. The van der Waals surface area contributed by atoms with Crippen LogP contribution < -0.4 is 0 Å². The van der Waals surface area contributed by atoms with Crippen LogP contribution >= 0.6 is 0 Å². The molecule has 100 valence electrons. The van der Waals surface area contributed by atoms with E-state index in [-0.39, 0.29) is 0 Å². The van der Waals surface area contributed by atoms with Crippen molar-refractivity contribution in [3.63, 3.8) is 0 Å². The zero-order chi connectivity index (χ0) is 12.3. The minimum atomic E-state index is 0.827. The van der Waals surface area contributed by atoms with Gasteiger partial charge in [-0.25, -0.2) is 0 Å². The highest BCUT2D eigenvalue weighted by molar-refractivity contribution is 4.81. The Morgan fingerprint density at radius 1 is 1.00 bits per heavy atom. The molecule has 0 aromatic carbocycles. The topological polar surface area (TPSA) is 6.48 Å². The first-order valence-electron chi connectivity index (χ1n) is 7.61. The Morgan fingerprint density at radius 2 is 1.65 bits per heavy atom. The molecule has 2 aliphatic rings. The fraction of sp³-hybridized carbons (Fsp3) is 1.00. The maximum Gasteiger partial charge on any atom is 0.00696 e. The average Bonchev–Trinajstić information content (AvgIpc) is 2.34. The van der Waals surface area contributed by atoms with Gasteiger partial charge in [-0.3, -0.25) is 0 Å². The second kappa shape index (κ2) is 6.19. The molecule has 0 spiro atoms. The molecule has 2 aliphatic heterocycles. The molecule has 0 N–H and O–H groups in total. The molecule has 0 radical (unpaired) electrons. The zero-order valence-electron chi connectivity index (χ0n) is 12.0.